The van der Waals surface area contributed by atoms with Crippen LogP contribution in [0.3, 0.4) is 0 Å². The summed E-state index contributed by atoms with van der Waals surface area (Å²) < 4.78 is 14.1. The third-order valence-electron chi connectivity index (χ3n) is 0.690. The molecule has 0 amide bonds. The fraction of sp³-hybridized carbons (Fsp3) is 0.800. The summed E-state index contributed by atoms with van der Waals surface area (Å²) in [4.78, 5) is 10.1. The second-order valence-electron chi connectivity index (χ2n) is 1.37. The van der Waals surface area contributed by atoms with E-state index in [1.54, 1.807) is 6.92 Å². The first-order valence-corrected chi connectivity index (χ1v) is 2.40. The molecule has 48 valence electrons. The average molecular weight is 119 g/mol. The van der Waals surface area contributed by atoms with Crippen LogP contribution in [-0.2, 0) is 4.79 Å². The lowest BCUT2D eigenvalue weighted by molar-refractivity contribution is -0.138. The van der Waals surface area contributed by atoms with Gasteiger partial charge in [-0.2, -0.15) is 0 Å². The van der Waals surface area contributed by atoms with Crippen LogP contribution in [-0.4, -0.2) is 17.1 Å². The van der Waals surface area contributed by atoms with Gasteiger partial charge in [0.25, 0.3) is 0 Å². The fourth-order valence-corrected chi connectivity index (χ4v) is 0.307. The van der Waals surface area contributed by atoms with Gasteiger partial charge in [0.2, 0.25) is 0 Å². The van der Waals surface area contributed by atoms with Crippen LogP contribution in [0.4, 0.5) is 0 Å². The predicted molar refractivity (Wildman–Crippen MR) is 30.5 cm³/mol. The highest BCUT2D eigenvalue weighted by atomic mass is 16.4. The monoisotopic (exact) mass is 119 g/mol. The maximum Gasteiger partial charge on any atom is 0.320 e. The van der Waals surface area contributed by atoms with E-state index in [1.165, 1.54) is 0 Å². The van der Waals surface area contributed by atoms with Crippen molar-refractivity contribution in [1.29, 1.82) is 0 Å². The summed E-state index contributed by atoms with van der Waals surface area (Å²) in [6.07, 6.45) is -1.69. The molecule has 0 aromatic carbocycles. The molecule has 0 unspecified atom stereocenters. The maximum atomic E-state index is 10.1. The Labute approximate surface area is 51.3 Å². The van der Waals surface area contributed by atoms with E-state index in [2.05, 4.69) is 0 Å². The topological polar surface area (TPSA) is 63.3 Å². The third kappa shape index (κ3) is 2.58. The smallest absolute Gasteiger partial charge is 0.320 e. The summed E-state index contributed by atoms with van der Waals surface area (Å²) in [6.45, 7) is 1.56. The number of aliphatic carboxylic acids is 1. The lowest BCUT2D eigenvalue weighted by Gasteiger charge is -2.00. The lowest BCUT2D eigenvalue weighted by Crippen LogP contribution is -2.29. The zero-order valence-electron chi connectivity index (χ0n) is 6.72. The van der Waals surface area contributed by atoms with Crippen LogP contribution in [0, 0.1) is 0 Å². The predicted octanol–water partition coefficient (Wildman–Crippen LogP) is 0.198. The molecular formula is C5H11NO2. The lowest BCUT2D eigenvalue weighted by atomic mass is 10.2. The number of carbonyl (C=O) groups is 1. The fourth-order valence-electron chi connectivity index (χ4n) is 0.307. The molecule has 0 fully saturated rings. The SMILES string of the molecule is [2H]C([2H])(CC)[C@H](N)C(=O)O. The first-order chi connectivity index (χ1) is 4.41. The zero-order chi connectivity index (χ0) is 8.36. The van der Waals surface area contributed by atoms with Crippen molar-refractivity contribution >= 4 is 5.97 Å². The van der Waals surface area contributed by atoms with Crippen molar-refractivity contribution in [2.24, 2.45) is 5.73 Å². The van der Waals surface area contributed by atoms with Crippen molar-refractivity contribution in [3.63, 3.8) is 0 Å². The van der Waals surface area contributed by atoms with Crippen molar-refractivity contribution in [3.05, 3.63) is 0 Å². The van der Waals surface area contributed by atoms with Gasteiger partial charge in [0.15, 0.2) is 0 Å². The van der Waals surface area contributed by atoms with E-state index in [0.717, 1.165) is 0 Å². The number of hydrogen-bond acceptors (Lipinski definition) is 2. The Morgan fingerprint density at radius 1 is 2.12 bits per heavy atom. The van der Waals surface area contributed by atoms with Gasteiger partial charge in [-0.3, -0.25) is 4.79 Å². The molecule has 0 aromatic rings. The maximum absolute atomic E-state index is 10.1. The number of nitrogens with two attached hydrogens (primary N) is 1. The van der Waals surface area contributed by atoms with Crippen molar-refractivity contribution in [1.82, 2.24) is 0 Å². The van der Waals surface area contributed by atoms with Crippen LogP contribution in [0.1, 0.15) is 22.5 Å². The third-order valence-corrected chi connectivity index (χ3v) is 0.690. The molecule has 0 rings (SSSR count). The van der Waals surface area contributed by atoms with Gasteiger partial charge in [0.05, 0.1) is 0 Å². The normalized spacial score (nSPS) is 18.8. The largest absolute Gasteiger partial charge is 0.480 e. The summed E-state index contributed by atoms with van der Waals surface area (Å²) in [7, 11) is 0. The molecule has 0 aromatic heterocycles. The first kappa shape index (κ1) is 4.32. The van der Waals surface area contributed by atoms with Gasteiger partial charge in [-0.25, -0.2) is 0 Å². The van der Waals surface area contributed by atoms with E-state index in [0.29, 0.717) is 0 Å². The van der Waals surface area contributed by atoms with Crippen LogP contribution < -0.4 is 5.73 Å². The van der Waals surface area contributed by atoms with Crippen molar-refractivity contribution in [2.75, 3.05) is 0 Å². The van der Waals surface area contributed by atoms with Crippen LogP contribution in [0.15, 0.2) is 0 Å². The molecule has 0 bridgehead atoms. The minimum atomic E-state index is -1.80. The molecule has 3 nitrogen and oxygen atoms in total. The van der Waals surface area contributed by atoms with E-state index in [-0.39, 0.29) is 6.42 Å². The second-order valence-corrected chi connectivity index (χ2v) is 1.37. The molecule has 1 atom stereocenters. The van der Waals surface area contributed by atoms with E-state index in [4.69, 9.17) is 13.6 Å². The van der Waals surface area contributed by atoms with E-state index < -0.39 is 18.4 Å². The Bertz CT molecular complexity index is 138. The minimum Gasteiger partial charge on any atom is -0.480 e. The van der Waals surface area contributed by atoms with Crippen molar-refractivity contribution < 1.29 is 12.6 Å². The summed E-state index contributed by atoms with van der Waals surface area (Å²) in [5.74, 6) is -1.30. The van der Waals surface area contributed by atoms with Crippen LogP contribution in [0.25, 0.3) is 0 Å². The Morgan fingerprint density at radius 2 is 2.62 bits per heavy atom. The Hall–Kier alpha value is -0.570. The van der Waals surface area contributed by atoms with Gasteiger partial charge in [-0.1, -0.05) is 13.3 Å². The molecule has 3 heteroatoms. The average Bonchev–Trinajstić information content (AvgIpc) is 1.86. The number of carboxylic acids is 1. The standard InChI is InChI=1S/C5H11NO2/c1-2-3-4(6)5(7)8/h4H,2-3,6H2,1H3,(H,7,8)/t4-/m0/s1/i3D2. The number of rotatable bonds is 3. The Balaban J connectivity index is 4.17. The summed E-state index contributed by atoms with van der Waals surface area (Å²) in [6, 6.07) is -1.42. The quantitative estimate of drug-likeness (QED) is 0.557. The molecule has 0 radical (unpaired) electrons. The molecule has 3 N–H and O–H groups in total. The van der Waals surface area contributed by atoms with Gasteiger partial charge in [0, 0.05) is 2.74 Å². The van der Waals surface area contributed by atoms with Crippen LogP contribution >= 0.6 is 0 Å². The van der Waals surface area contributed by atoms with Gasteiger partial charge in [-0.05, 0) is 6.37 Å². The molecular weight excluding hydrogens is 106 g/mol. The highest BCUT2D eigenvalue weighted by Crippen LogP contribution is 1.91. The second kappa shape index (κ2) is 3.43. The molecule has 0 aliphatic carbocycles. The Morgan fingerprint density at radius 3 is 2.75 bits per heavy atom. The molecule has 8 heavy (non-hydrogen) atoms. The van der Waals surface area contributed by atoms with Gasteiger partial charge in [0.1, 0.15) is 6.04 Å². The number of hydrogen-bond donors (Lipinski definition) is 2. The van der Waals surface area contributed by atoms with Crippen molar-refractivity contribution in [2.45, 2.75) is 25.8 Å². The first-order valence-electron chi connectivity index (χ1n) is 3.40. The van der Waals surface area contributed by atoms with Gasteiger partial charge in [-0.15, -0.1) is 0 Å². The summed E-state index contributed by atoms with van der Waals surface area (Å²) >= 11 is 0. The van der Waals surface area contributed by atoms with Gasteiger partial charge >= 0.3 is 5.97 Å². The highest BCUT2D eigenvalue weighted by molar-refractivity contribution is 5.72. The van der Waals surface area contributed by atoms with Gasteiger partial charge < -0.3 is 10.8 Å². The molecule has 0 spiro atoms. The van der Waals surface area contributed by atoms with Crippen molar-refractivity contribution in [3.8, 4) is 0 Å². The Kier molecular flexibility index (Phi) is 1.86. The summed E-state index contributed by atoms with van der Waals surface area (Å²) in [5, 5.41) is 8.28. The van der Waals surface area contributed by atoms with E-state index in [1.807, 2.05) is 0 Å². The van der Waals surface area contributed by atoms with E-state index in [9.17, 15) is 4.79 Å². The minimum absolute atomic E-state index is 0.112. The molecule has 0 saturated heterocycles. The van der Waals surface area contributed by atoms with E-state index >= 15 is 0 Å². The molecule has 0 heterocycles. The number of carboxylic acid groups (broad SMARTS) is 1. The van der Waals surface area contributed by atoms with Crippen LogP contribution in [0.2, 0.25) is 0 Å². The zero-order valence-corrected chi connectivity index (χ0v) is 4.72. The highest BCUT2D eigenvalue weighted by Gasteiger charge is 2.07. The molecule has 0 saturated carbocycles. The molecule has 0 aliphatic heterocycles. The molecule has 0 aliphatic rings. The van der Waals surface area contributed by atoms with Crippen LogP contribution in [0.5, 0.6) is 0 Å². The summed E-state index contributed by atoms with van der Waals surface area (Å²) in [5.41, 5.74) is 5.03.